The minimum Gasteiger partial charge on any atom is -0.435 e. The first-order valence-corrected chi connectivity index (χ1v) is 7.14. The predicted molar refractivity (Wildman–Crippen MR) is 83.2 cm³/mol. The number of esters is 1. The van der Waals surface area contributed by atoms with Crippen LogP contribution in [-0.2, 0) is 16.0 Å². The molecule has 0 aliphatic heterocycles. The van der Waals surface area contributed by atoms with Gasteiger partial charge in [0.1, 0.15) is 0 Å². The summed E-state index contributed by atoms with van der Waals surface area (Å²) < 4.78 is 5.06. The van der Waals surface area contributed by atoms with E-state index in [0.29, 0.717) is 12.3 Å². The fourth-order valence-corrected chi connectivity index (χ4v) is 1.64. The molecule has 0 aliphatic carbocycles. The van der Waals surface area contributed by atoms with E-state index in [-0.39, 0.29) is 5.97 Å². The molecule has 1 aromatic rings. The van der Waals surface area contributed by atoms with E-state index in [1.807, 2.05) is 36.4 Å². The van der Waals surface area contributed by atoms with Crippen LogP contribution in [0.15, 0.2) is 54.3 Å². The molecule has 0 atom stereocenters. The Balaban J connectivity index is 2.21. The van der Waals surface area contributed by atoms with Crippen molar-refractivity contribution >= 4 is 5.97 Å². The Labute approximate surface area is 122 Å². The average Bonchev–Trinajstić information content (AvgIpc) is 2.43. The van der Waals surface area contributed by atoms with Crippen molar-refractivity contribution in [1.82, 2.24) is 0 Å². The van der Waals surface area contributed by atoms with E-state index >= 15 is 0 Å². The Kier molecular flexibility index (Phi) is 7.41. The maximum absolute atomic E-state index is 11.6. The molecule has 108 valence electrons. The number of carbonyl (C=O) groups excluding carboxylic acids is 1. The molecule has 1 aromatic carbocycles. The summed E-state index contributed by atoms with van der Waals surface area (Å²) in [6.45, 7) is 6.52. The highest BCUT2D eigenvalue weighted by atomic mass is 16.5. The highest BCUT2D eigenvalue weighted by Crippen LogP contribution is 2.09. The van der Waals surface area contributed by atoms with Gasteiger partial charge in [-0.1, -0.05) is 55.8 Å². The van der Waals surface area contributed by atoms with E-state index in [9.17, 15) is 4.79 Å². The molecule has 0 N–H and O–H groups in total. The summed E-state index contributed by atoms with van der Waals surface area (Å²) in [6, 6.07) is 9.61. The third-order valence-electron chi connectivity index (χ3n) is 3.20. The molecule has 1 rings (SSSR count). The maximum Gasteiger partial charge on any atom is 0.315 e. The molecule has 0 saturated heterocycles. The number of ether oxygens (including phenoxy) is 1. The standard InChI is InChI=1S/C18H24O2/c1-15(2)16(3)10-6-5-9-13-20-18(19)14-17-11-7-4-8-12-17/h4,7-13,15H,5-6,14H2,1-3H3/b13-9+,16-10+. The number of unbranched alkanes of at least 4 members (excludes halogenated alkanes) is 1. The van der Waals surface area contributed by atoms with Crippen molar-refractivity contribution in [2.75, 3.05) is 0 Å². The van der Waals surface area contributed by atoms with Crippen molar-refractivity contribution in [2.45, 2.75) is 40.0 Å². The zero-order valence-corrected chi connectivity index (χ0v) is 12.6. The Bertz CT molecular complexity index is 456. The van der Waals surface area contributed by atoms with Crippen LogP contribution in [0.5, 0.6) is 0 Å². The van der Waals surface area contributed by atoms with Crippen molar-refractivity contribution in [3.63, 3.8) is 0 Å². The number of hydrogen-bond donors (Lipinski definition) is 0. The Hall–Kier alpha value is -1.83. The van der Waals surface area contributed by atoms with E-state index in [0.717, 1.165) is 18.4 Å². The van der Waals surface area contributed by atoms with Crippen molar-refractivity contribution in [3.8, 4) is 0 Å². The molecule has 0 unspecified atom stereocenters. The first-order valence-electron chi connectivity index (χ1n) is 7.14. The molecule has 0 heterocycles. The molecule has 0 radical (unpaired) electrons. The molecule has 2 nitrogen and oxygen atoms in total. The number of rotatable bonds is 7. The Morgan fingerprint density at radius 3 is 2.55 bits per heavy atom. The minimum atomic E-state index is -0.221. The van der Waals surface area contributed by atoms with Gasteiger partial charge in [0, 0.05) is 0 Å². The molecular formula is C18H24O2. The topological polar surface area (TPSA) is 26.3 Å². The van der Waals surface area contributed by atoms with Gasteiger partial charge in [-0.25, -0.2) is 0 Å². The van der Waals surface area contributed by atoms with Gasteiger partial charge in [-0.15, -0.1) is 0 Å². The second-order valence-electron chi connectivity index (χ2n) is 5.20. The van der Waals surface area contributed by atoms with Crippen LogP contribution in [0.25, 0.3) is 0 Å². The van der Waals surface area contributed by atoms with Crippen LogP contribution < -0.4 is 0 Å². The lowest BCUT2D eigenvalue weighted by atomic mass is 10.0. The van der Waals surface area contributed by atoms with Gasteiger partial charge >= 0.3 is 5.97 Å². The number of benzene rings is 1. The quantitative estimate of drug-likeness (QED) is 0.312. The third kappa shape index (κ3) is 6.93. The lowest BCUT2D eigenvalue weighted by Gasteiger charge is -2.03. The third-order valence-corrected chi connectivity index (χ3v) is 3.20. The lowest BCUT2D eigenvalue weighted by Crippen LogP contribution is -2.03. The molecule has 0 spiro atoms. The first kappa shape index (κ1) is 16.2. The molecule has 0 amide bonds. The summed E-state index contributed by atoms with van der Waals surface area (Å²) in [6.07, 6.45) is 7.83. The van der Waals surface area contributed by atoms with E-state index in [4.69, 9.17) is 4.74 Å². The monoisotopic (exact) mass is 272 g/mol. The van der Waals surface area contributed by atoms with E-state index in [1.165, 1.54) is 11.8 Å². The SMILES string of the molecule is C/C(=C\CC/C=C/OC(=O)Cc1ccccc1)C(C)C. The second kappa shape index (κ2) is 9.13. The maximum atomic E-state index is 11.6. The highest BCUT2D eigenvalue weighted by Gasteiger charge is 2.01. The van der Waals surface area contributed by atoms with Gasteiger partial charge in [0.05, 0.1) is 12.7 Å². The normalized spacial score (nSPS) is 12.1. The fourth-order valence-electron chi connectivity index (χ4n) is 1.64. The van der Waals surface area contributed by atoms with Crippen molar-refractivity contribution in [3.05, 3.63) is 59.9 Å². The minimum absolute atomic E-state index is 0.221. The Morgan fingerprint density at radius 2 is 1.90 bits per heavy atom. The van der Waals surface area contributed by atoms with E-state index in [2.05, 4.69) is 26.8 Å². The predicted octanol–water partition coefficient (Wildman–Crippen LogP) is 4.67. The van der Waals surface area contributed by atoms with E-state index < -0.39 is 0 Å². The van der Waals surface area contributed by atoms with Crippen molar-refractivity contribution < 1.29 is 9.53 Å². The first-order chi connectivity index (χ1) is 9.59. The van der Waals surface area contributed by atoms with Gasteiger partial charge in [0.25, 0.3) is 0 Å². The molecule has 0 fully saturated rings. The summed E-state index contributed by atoms with van der Waals surface area (Å²) in [5.74, 6) is 0.379. The Morgan fingerprint density at radius 1 is 1.20 bits per heavy atom. The molecule has 0 saturated carbocycles. The molecule has 20 heavy (non-hydrogen) atoms. The van der Waals surface area contributed by atoms with Gasteiger partial charge in [-0.3, -0.25) is 4.79 Å². The average molecular weight is 272 g/mol. The second-order valence-corrected chi connectivity index (χ2v) is 5.20. The van der Waals surface area contributed by atoms with Crippen LogP contribution in [0.1, 0.15) is 39.2 Å². The van der Waals surface area contributed by atoms with Gasteiger partial charge in [0.15, 0.2) is 0 Å². The number of hydrogen-bond acceptors (Lipinski definition) is 2. The molecular weight excluding hydrogens is 248 g/mol. The zero-order valence-electron chi connectivity index (χ0n) is 12.6. The van der Waals surface area contributed by atoms with Crippen molar-refractivity contribution in [1.29, 1.82) is 0 Å². The largest absolute Gasteiger partial charge is 0.435 e. The summed E-state index contributed by atoms with van der Waals surface area (Å²) >= 11 is 0. The van der Waals surface area contributed by atoms with Crippen LogP contribution in [0.3, 0.4) is 0 Å². The molecule has 0 aromatic heterocycles. The van der Waals surface area contributed by atoms with Gasteiger partial charge in [-0.05, 0) is 37.3 Å². The summed E-state index contributed by atoms with van der Waals surface area (Å²) in [7, 11) is 0. The smallest absolute Gasteiger partial charge is 0.315 e. The summed E-state index contributed by atoms with van der Waals surface area (Å²) in [5.41, 5.74) is 2.38. The number of carbonyl (C=O) groups is 1. The van der Waals surface area contributed by atoms with Crippen molar-refractivity contribution in [2.24, 2.45) is 5.92 Å². The van der Waals surface area contributed by atoms with Crippen LogP contribution in [0.4, 0.5) is 0 Å². The van der Waals surface area contributed by atoms with Crippen LogP contribution in [0.2, 0.25) is 0 Å². The lowest BCUT2D eigenvalue weighted by molar-refractivity contribution is -0.137. The van der Waals surface area contributed by atoms with Crippen LogP contribution in [-0.4, -0.2) is 5.97 Å². The summed E-state index contributed by atoms with van der Waals surface area (Å²) in [5, 5.41) is 0. The molecule has 2 heteroatoms. The van der Waals surface area contributed by atoms with Gasteiger partial charge in [-0.2, -0.15) is 0 Å². The van der Waals surface area contributed by atoms with E-state index in [1.54, 1.807) is 0 Å². The van der Waals surface area contributed by atoms with Crippen LogP contribution in [0, 0.1) is 5.92 Å². The van der Waals surface area contributed by atoms with Crippen LogP contribution >= 0.6 is 0 Å². The highest BCUT2D eigenvalue weighted by molar-refractivity contribution is 5.73. The number of allylic oxidation sites excluding steroid dienone is 3. The molecule has 0 aliphatic rings. The summed E-state index contributed by atoms with van der Waals surface area (Å²) in [4.78, 5) is 11.6. The molecule has 0 bridgehead atoms. The van der Waals surface area contributed by atoms with Gasteiger partial charge < -0.3 is 4.74 Å². The fraction of sp³-hybridized carbons (Fsp3) is 0.389. The van der Waals surface area contributed by atoms with Gasteiger partial charge in [0.2, 0.25) is 0 Å². The zero-order chi connectivity index (χ0) is 14.8.